The number of hydrogen-bond donors (Lipinski definition) is 1. The smallest absolute Gasteiger partial charge is 0.178 e. The van der Waals surface area contributed by atoms with Gasteiger partial charge in [-0.1, -0.05) is 0 Å². The van der Waals surface area contributed by atoms with Gasteiger partial charge >= 0.3 is 0 Å². The highest BCUT2D eigenvalue weighted by molar-refractivity contribution is 14.1. The summed E-state index contributed by atoms with van der Waals surface area (Å²) in [5, 5.41) is 0. The molecule has 6 heteroatoms. The first-order chi connectivity index (χ1) is 8.65. The Morgan fingerprint density at radius 2 is 2.28 bits per heavy atom. The molecule has 0 atom stereocenters. The third-order valence-corrected chi connectivity index (χ3v) is 3.86. The van der Waals surface area contributed by atoms with E-state index in [2.05, 4.69) is 4.98 Å². The van der Waals surface area contributed by atoms with Crippen LogP contribution in [-0.4, -0.2) is 9.55 Å². The zero-order chi connectivity index (χ0) is 12.7. The molecule has 0 aliphatic carbocycles. The van der Waals surface area contributed by atoms with Gasteiger partial charge in [0.15, 0.2) is 4.77 Å². The molecule has 0 fully saturated rings. The summed E-state index contributed by atoms with van der Waals surface area (Å²) < 4.78 is 21.9. The topological polar surface area (TPSA) is 33.9 Å². The number of benzene rings is 1. The van der Waals surface area contributed by atoms with Crippen LogP contribution in [0.15, 0.2) is 34.9 Å². The van der Waals surface area contributed by atoms with Gasteiger partial charge in [-0.3, -0.25) is 0 Å². The predicted octanol–water partition coefficient (Wildman–Crippen LogP) is 4.08. The van der Waals surface area contributed by atoms with Gasteiger partial charge in [-0.2, -0.15) is 0 Å². The molecule has 3 nitrogen and oxygen atoms in total. The summed E-state index contributed by atoms with van der Waals surface area (Å²) in [4.78, 5) is 3.07. The van der Waals surface area contributed by atoms with Crippen molar-refractivity contribution in [3.63, 3.8) is 0 Å². The second-order valence-corrected chi connectivity index (χ2v) is 5.43. The zero-order valence-corrected chi connectivity index (χ0v) is 12.1. The van der Waals surface area contributed by atoms with Crippen molar-refractivity contribution in [2.75, 3.05) is 0 Å². The molecule has 3 aromatic rings. The van der Waals surface area contributed by atoms with Crippen LogP contribution in [0.3, 0.4) is 0 Å². The van der Waals surface area contributed by atoms with Gasteiger partial charge in [0, 0.05) is 6.07 Å². The van der Waals surface area contributed by atoms with E-state index in [0.29, 0.717) is 14.9 Å². The summed E-state index contributed by atoms with van der Waals surface area (Å²) in [5.74, 6) is 0.538. The maximum absolute atomic E-state index is 13.6. The molecular formula is C12H8FIN2OS. The van der Waals surface area contributed by atoms with Crippen molar-refractivity contribution in [1.82, 2.24) is 9.55 Å². The van der Waals surface area contributed by atoms with Crippen molar-refractivity contribution in [3.8, 4) is 0 Å². The Labute approximate surface area is 121 Å². The Bertz CT molecular complexity index is 760. The van der Waals surface area contributed by atoms with Crippen LogP contribution in [0.25, 0.3) is 11.0 Å². The zero-order valence-electron chi connectivity index (χ0n) is 9.11. The molecule has 0 saturated carbocycles. The van der Waals surface area contributed by atoms with Gasteiger partial charge in [-0.05, 0) is 53.0 Å². The van der Waals surface area contributed by atoms with Crippen LogP contribution < -0.4 is 0 Å². The lowest BCUT2D eigenvalue weighted by Gasteiger charge is -2.02. The van der Waals surface area contributed by atoms with Crippen molar-refractivity contribution >= 4 is 45.8 Å². The fourth-order valence-electron chi connectivity index (χ4n) is 1.87. The SMILES string of the molecule is Fc1cc2c(cc1I)[nH]c(=S)n2Cc1ccco1. The monoisotopic (exact) mass is 374 g/mol. The number of hydrogen-bond acceptors (Lipinski definition) is 2. The lowest BCUT2D eigenvalue weighted by atomic mass is 10.3. The maximum Gasteiger partial charge on any atom is 0.178 e. The van der Waals surface area contributed by atoms with E-state index in [1.165, 1.54) is 6.07 Å². The highest BCUT2D eigenvalue weighted by atomic mass is 127. The molecule has 0 unspecified atom stereocenters. The summed E-state index contributed by atoms with van der Waals surface area (Å²) >= 11 is 7.21. The summed E-state index contributed by atoms with van der Waals surface area (Å²) in [6, 6.07) is 6.92. The van der Waals surface area contributed by atoms with Crippen LogP contribution in [0.4, 0.5) is 4.39 Å². The van der Waals surface area contributed by atoms with Crippen LogP contribution in [0, 0.1) is 14.2 Å². The predicted molar refractivity (Wildman–Crippen MR) is 77.6 cm³/mol. The van der Waals surface area contributed by atoms with Gasteiger partial charge in [0.25, 0.3) is 0 Å². The Morgan fingerprint density at radius 3 is 3.00 bits per heavy atom. The molecule has 1 N–H and O–H groups in total. The van der Waals surface area contributed by atoms with Gasteiger partial charge in [-0.15, -0.1) is 0 Å². The molecule has 0 aliphatic heterocycles. The minimum absolute atomic E-state index is 0.245. The van der Waals surface area contributed by atoms with Crippen molar-refractivity contribution in [1.29, 1.82) is 0 Å². The molecule has 18 heavy (non-hydrogen) atoms. The standard InChI is InChI=1S/C12H8FIN2OS/c13-8-4-11-10(5-9(8)14)15-12(18)16(11)6-7-2-1-3-17-7/h1-5H,6H2,(H,15,18). The summed E-state index contributed by atoms with van der Waals surface area (Å²) in [6.45, 7) is 0.492. The normalized spacial score (nSPS) is 11.2. The molecule has 0 aliphatic rings. The Kier molecular flexibility index (Phi) is 2.98. The van der Waals surface area contributed by atoms with Crippen LogP contribution in [0.1, 0.15) is 5.76 Å². The molecule has 3 rings (SSSR count). The summed E-state index contributed by atoms with van der Waals surface area (Å²) in [6.07, 6.45) is 1.61. The Balaban J connectivity index is 2.19. The number of nitrogens with zero attached hydrogens (tertiary/aromatic N) is 1. The number of nitrogens with one attached hydrogen (secondary N) is 1. The van der Waals surface area contributed by atoms with E-state index < -0.39 is 0 Å². The van der Waals surface area contributed by atoms with Gasteiger partial charge in [0.05, 0.1) is 27.4 Å². The third kappa shape index (κ3) is 1.99. The van der Waals surface area contributed by atoms with E-state index in [4.69, 9.17) is 16.6 Å². The van der Waals surface area contributed by atoms with Gasteiger partial charge in [0.2, 0.25) is 0 Å². The molecule has 0 radical (unpaired) electrons. The number of H-pyrrole nitrogens is 1. The third-order valence-electron chi connectivity index (χ3n) is 2.71. The molecule has 92 valence electrons. The number of furan rings is 1. The molecular weight excluding hydrogens is 366 g/mol. The summed E-state index contributed by atoms with van der Waals surface area (Å²) in [7, 11) is 0. The van der Waals surface area contributed by atoms with Crippen LogP contribution in [0.2, 0.25) is 0 Å². The quantitative estimate of drug-likeness (QED) is 0.542. The van der Waals surface area contributed by atoms with Gasteiger partial charge in [-0.25, -0.2) is 4.39 Å². The first-order valence-electron chi connectivity index (χ1n) is 5.25. The van der Waals surface area contributed by atoms with E-state index in [1.807, 2.05) is 39.3 Å². The number of fused-ring (bicyclic) bond motifs is 1. The number of aromatic amines is 1. The second kappa shape index (κ2) is 4.51. The van der Waals surface area contributed by atoms with E-state index >= 15 is 0 Å². The van der Waals surface area contributed by atoms with Crippen molar-refractivity contribution in [2.24, 2.45) is 0 Å². The number of aromatic nitrogens is 2. The van der Waals surface area contributed by atoms with Crippen molar-refractivity contribution < 1.29 is 8.81 Å². The first kappa shape index (κ1) is 11.9. The fraction of sp³-hybridized carbons (Fsp3) is 0.0833. The largest absolute Gasteiger partial charge is 0.467 e. The van der Waals surface area contributed by atoms with Gasteiger partial charge in [0.1, 0.15) is 11.6 Å². The maximum atomic E-state index is 13.6. The molecule has 1 aromatic carbocycles. The van der Waals surface area contributed by atoms with E-state index in [0.717, 1.165) is 16.8 Å². The van der Waals surface area contributed by atoms with Crippen LogP contribution >= 0.6 is 34.8 Å². The van der Waals surface area contributed by atoms with Gasteiger partial charge < -0.3 is 14.0 Å². The van der Waals surface area contributed by atoms with E-state index in [-0.39, 0.29) is 5.82 Å². The number of imidazole rings is 1. The minimum Gasteiger partial charge on any atom is -0.467 e. The molecule has 0 amide bonds. The molecule has 0 bridgehead atoms. The minimum atomic E-state index is -0.245. The highest BCUT2D eigenvalue weighted by Gasteiger charge is 2.10. The highest BCUT2D eigenvalue weighted by Crippen LogP contribution is 2.21. The molecule has 0 spiro atoms. The molecule has 2 aromatic heterocycles. The number of rotatable bonds is 2. The van der Waals surface area contributed by atoms with E-state index in [9.17, 15) is 4.39 Å². The lowest BCUT2D eigenvalue weighted by Crippen LogP contribution is -1.98. The van der Waals surface area contributed by atoms with Crippen molar-refractivity contribution in [3.05, 3.63) is 50.4 Å². The second-order valence-electron chi connectivity index (χ2n) is 3.88. The fourth-order valence-corrected chi connectivity index (χ4v) is 2.61. The first-order valence-corrected chi connectivity index (χ1v) is 6.74. The van der Waals surface area contributed by atoms with Crippen LogP contribution in [0.5, 0.6) is 0 Å². The average molecular weight is 374 g/mol. The Morgan fingerprint density at radius 1 is 1.44 bits per heavy atom. The van der Waals surface area contributed by atoms with Crippen LogP contribution in [-0.2, 0) is 6.54 Å². The summed E-state index contributed by atoms with van der Waals surface area (Å²) in [5.41, 5.74) is 1.58. The van der Waals surface area contributed by atoms with Crippen molar-refractivity contribution in [2.45, 2.75) is 6.54 Å². The Hall–Kier alpha value is -1.15. The number of halogens is 2. The average Bonchev–Trinajstić information content (AvgIpc) is 2.92. The van der Waals surface area contributed by atoms with E-state index in [1.54, 1.807) is 12.3 Å². The lowest BCUT2D eigenvalue weighted by molar-refractivity contribution is 0.495. The molecule has 2 heterocycles. The molecule has 0 saturated heterocycles.